The van der Waals surface area contributed by atoms with E-state index in [4.69, 9.17) is 11.6 Å². The lowest BCUT2D eigenvalue weighted by Gasteiger charge is -2.09. The van der Waals surface area contributed by atoms with Crippen molar-refractivity contribution in [2.45, 2.75) is 6.92 Å². The fourth-order valence-corrected chi connectivity index (χ4v) is 3.28. The van der Waals surface area contributed by atoms with Crippen molar-refractivity contribution < 1.29 is 9.59 Å². The molecule has 0 saturated heterocycles. The summed E-state index contributed by atoms with van der Waals surface area (Å²) >= 11 is 5.99. The fraction of sp³-hybridized carbons (Fsp3) is 0.0476. The van der Waals surface area contributed by atoms with E-state index in [2.05, 4.69) is 10.3 Å². The minimum Gasteiger partial charge on any atom is -0.351 e. The summed E-state index contributed by atoms with van der Waals surface area (Å²) in [7, 11) is 0. The Balaban J connectivity index is 1.71. The van der Waals surface area contributed by atoms with Gasteiger partial charge in [-0.05, 0) is 54.1 Å². The number of aromatic nitrogens is 1. The van der Waals surface area contributed by atoms with Gasteiger partial charge in [-0.2, -0.15) is 0 Å². The summed E-state index contributed by atoms with van der Waals surface area (Å²) in [5.41, 5.74) is 2.43. The number of hydrogen-bond acceptors (Lipinski definition) is 2. The number of carbonyl (C=O) groups excluding carboxylic acids is 2. The number of aromatic amines is 1. The number of anilines is 1. The van der Waals surface area contributed by atoms with E-state index in [1.54, 1.807) is 24.3 Å². The molecule has 26 heavy (non-hydrogen) atoms. The molecule has 1 heterocycles. The standard InChI is InChI=1S/C21H15ClN2O2/c1-12(25)18-11-16(9-13-4-2-3-5-17(13)18)23-21(26)20-10-14-8-15(22)6-7-19(14)24-20/h2-11,24H,1H3,(H,23,26). The molecule has 0 aliphatic rings. The molecule has 0 unspecified atom stereocenters. The van der Waals surface area contributed by atoms with Crippen LogP contribution in [-0.2, 0) is 0 Å². The highest BCUT2D eigenvalue weighted by Crippen LogP contribution is 2.25. The van der Waals surface area contributed by atoms with Gasteiger partial charge in [-0.15, -0.1) is 0 Å². The van der Waals surface area contributed by atoms with Crippen LogP contribution in [0.15, 0.2) is 60.7 Å². The van der Waals surface area contributed by atoms with Crippen LogP contribution in [0.25, 0.3) is 21.7 Å². The number of H-pyrrole nitrogens is 1. The molecule has 0 atom stereocenters. The Morgan fingerprint density at radius 3 is 2.58 bits per heavy atom. The van der Waals surface area contributed by atoms with Gasteiger partial charge in [0.15, 0.2) is 5.78 Å². The molecular weight excluding hydrogens is 348 g/mol. The number of rotatable bonds is 3. The second-order valence-electron chi connectivity index (χ2n) is 6.17. The van der Waals surface area contributed by atoms with Crippen LogP contribution >= 0.6 is 11.6 Å². The summed E-state index contributed by atoms with van der Waals surface area (Å²) in [6.07, 6.45) is 0. The molecule has 1 amide bonds. The zero-order valence-electron chi connectivity index (χ0n) is 14.0. The van der Waals surface area contributed by atoms with Crippen molar-refractivity contribution in [3.8, 4) is 0 Å². The third kappa shape index (κ3) is 2.95. The number of Topliss-reactive ketones (excluding diaryl/α,β-unsaturated/α-hetero) is 1. The van der Waals surface area contributed by atoms with Crippen molar-refractivity contribution >= 4 is 50.7 Å². The Kier molecular flexibility index (Phi) is 3.98. The van der Waals surface area contributed by atoms with Crippen LogP contribution < -0.4 is 5.32 Å². The van der Waals surface area contributed by atoms with E-state index in [0.717, 1.165) is 21.7 Å². The third-order valence-electron chi connectivity index (χ3n) is 4.33. The molecular formula is C21H15ClN2O2. The molecule has 0 saturated carbocycles. The lowest BCUT2D eigenvalue weighted by Crippen LogP contribution is -2.12. The Morgan fingerprint density at radius 1 is 0.962 bits per heavy atom. The van der Waals surface area contributed by atoms with Crippen LogP contribution in [0.3, 0.4) is 0 Å². The SMILES string of the molecule is CC(=O)c1cc(NC(=O)c2cc3cc(Cl)ccc3[nH]2)cc2ccccc12. The van der Waals surface area contributed by atoms with Crippen molar-refractivity contribution in [2.24, 2.45) is 0 Å². The molecule has 128 valence electrons. The molecule has 1 aromatic heterocycles. The smallest absolute Gasteiger partial charge is 0.272 e. The Morgan fingerprint density at radius 2 is 1.77 bits per heavy atom. The van der Waals surface area contributed by atoms with E-state index < -0.39 is 0 Å². The van der Waals surface area contributed by atoms with E-state index in [1.807, 2.05) is 36.4 Å². The summed E-state index contributed by atoms with van der Waals surface area (Å²) in [5.74, 6) is -0.320. The van der Waals surface area contributed by atoms with E-state index in [9.17, 15) is 9.59 Å². The minimum atomic E-state index is -0.276. The first kappa shape index (κ1) is 16.4. The largest absolute Gasteiger partial charge is 0.351 e. The van der Waals surface area contributed by atoms with Gasteiger partial charge in [0.05, 0.1) is 0 Å². The highest BCUT2D eigenvalue weighted by atomic mass is 35.5. The first-order valence-electron chi connectivity index (χ1n) is 8.14. The van der Waals surface area contributed by atoms with Gasteiger partial charge >= 0.3 is 0 Å². The van der Waals surface area contributed by atoms with Crippen molar-refractivity contribution in [1.82, 2.24) is 4.98 Å². The van der Waals surface area contributed by atoms with Gasteiger partial charge in [-0.3, -0.25) is 9.59 Å². The topological polar surface area (TPSA) is 62.0 Å². The molecule has 0 bridgehead atoms. The fourth-order valence-electron chi connectivity index (χ4n) is 3.10. The van der Waals surface area contributed by atoms with Gasteiger partial charge in [0.25, 0.3) is 5.91 Å². The monoisotopic (exact) mass is 362 g/mol. The summed E-state index contributed by atoms with van der Waals surface area (Å²) < 4.78 is 0. The van der Waals surface area contributed by atoms with Crippen molar-refractivity contribution in [2.75, 3.05) is 5.32 Å². The van der Waals surface area contributed by atoms with Gasteiger partial charge in [0.2, 0.25) is 0 Å². The number of carbonyl (C=O) groups is 2. The quantitative estimate of drug-likeness (QED) is 0.477. The number of amides is 1. The normalized spacial score (nSPS) is 11.0. The lowest BCUT2D eigenvalue weighted by atomic mass is 10.0. The van der Waals surface area contributed by atoms with Crippen molar-refractivity contribution in [1.29, 1.82) is 0 Å². The van der Waals surface area contributed by atoms with Gasteiger partial charge in [-0.1, -0.05) is 35.9 Å². The lowest BCUT2D eigenvalue weighted by molar-refractivity contribution is 0.101. The van der Waals surface area contributed by atoms with Crippen LogP contribution in [0.2, 0.25) is 5.02 Å². The maximum atomic E-state index is 12.6. The molecule has 5 heteroatoms. The molecule has 0 spiro atoms. The van der Waals surface area contributed by atoms with Crippen LogP contribution in [0, 0.1) is 0 Å². The molecule has 0 aliphatic carbocycles. The molecule has 4 rings (SSSR count). The number of fused-ring (bicyclic) bond motifs is 2. The Bertz CT molecular complexity index is 1180. The van der Waals surface area contributed by atoms with Gasteiger partial charge in [-0.25, -0.2) is 0 Å². The van der Waals surface area contributed by atoms with Crippen molar-refractivity contribution in [3.05, 3.63) is 76.9 Å². The second-order valence-corrected chi connectivity index (χ2v) is 6.61. The molecule has 2 N–H and O–H groups in total. The van der Waals surface area contributed by atoms with Crippen LogP contribution in [0.5, 0.6) is 0 Å². The van der Waals surface area contributed by atoms with Gasteiger partial charge in [0.1, 0.15) is 5.69 Å². The Hall–Kier alpha value is -3.11. The maximum Gasteiger partial charge on any atom is 0.272 e. The summed E-state index contributed by atoms with van der Waals surface area (Å²) in [6.45, 7) is 1.52. The Labute approximate surface area is 154 Å². The molecule has 4 nitrogen and oxygen atoms in total. The van der Waals surface area contributed by atoms with Crippen LogP contribution in [0.4, 0.5) is 5.69 Å². The average Bonchev–Trinajstić information content (AvgIpc) is 3.04. The molecule has 3 aromatic carbocycles. The average molecular weight is 363 g/mol. The van der Waals surface area contributed by atoms with E-state index in [-0.39, 0.29) is 11.7 Å². The number of halogens is 1. The summed E-state index contributed by atoms with van der Waals surface area (Å²) in [4.78, 5) is 27.7. The van der Waals surface area contributed by atoms with Gasteiger partial charge < -0.3 is 10.3 Å². The zero-order chi connectivity index (χ0) is 18.3. The second kappa shape index (κ2) is 6.32. The molecule has 0 fully saturated rings. The van der Waals surface area contributed by atoms with E-state index >= 15 is 0 Å². The minimum absolute atomic E-state index is 0.0439. The summed E-state index contributed by atoms with van der Waals surface area (Å²) in [6, 6.07) is 18.3. The van der Waals surface area contributed by atoms with Crippen LogP contribution in [0.1, 0.15) is 27.8 Å². The first-order valence-corrected chi connectivity index (χ1v) is 8.52. The van der Waals surface area contributed by atoms with Crippen molar-refractivity contribution in [3.63, 3.8) is 0 Å². The maximum absolute atomic E-state index is 12.6. The molecule has 4 aromatic rings. The van der Waals surface area contributed by atoms with E-state index in [1.165, 1.54) is 6.92 Å². The predicted molar refractivity (Wildman–Crippen MR) is 105 cm³/mol. The van der Waals surface area contributed by atoms with Gasteiger partial charge in [0, 0.05) is 27.2 Å². The zero-order valence-corrected chi connectivity index (χ0v) is 14.7. The summed E-state index contributed by atoms with van der Waals surface area (Å²) in [5, 5.41) is 6.12. The van der Waals surface area contributed by atoms with E-state index in [0.29, 0.717) is 22.0 Å². The number of benzene rings is 3. The third-order valence-corrected chi connectivity index (χ3v) is 4.56. The molecule has 0 radical (unpaired) electrons. The number of hydrogen-bond donors (Lipinski definition) is 2. The predicted octanol–water partition coefficient (Wildman–Crippen LogP) is 5.43. The first-order chi connectivity index (χ1) is 12.5. The number of ketones is 1. The molecule has 0 aliphatic heterocycles. The highest BCUT2D eigenvalue weighted by Gasteiger charge is 2.13. The number of nitrogens with one attached hydrogen (secondary N) is 2. The highest BCUT2D eigenvalue weighted by molar-refractivity contribution is 6.31. The van der Waals surface area contributed by atoms with Crippen LogP contribution in [-0.4, -0.2) is 16.7 Å².